The molecule has 0 spiro atoms. The molecular formula is C21H14ClIN2O3. The second-order valence-corrected chi connectivity index (χ2v) is 7.66. The number of oxazole rings is 1. The third kappa shape index (κ3) is 3.83. The van der Waals surface area contributed by atoms with Crippen molar-refractivity contribution in [1.82, 2.24) is 4.98 Å². The molecule has 1 N–H and O–H groups in total. The lowest BCUT2D eigenvalue weighted by atomic mass is 10.2. The van der Waals surface area contributed by atoms with Crippen molar-refractivity contribution in [3.8, 4) is 17.2 Å². The summed E-state index contributed by atoms with van der Waals surface area (Å²) in [5.74, 6) is 0.989. The van der Waals surface area contributed by atoms with Crippen LogP contribution in [0.4, 0.5) is 5.69 Å². The molecule has 140 valence electrons. The maximum atomic E-state index is 12.6. The monoisotopic (exact) mass is 504 g/mol. The molecule has 0 atom stereocenters. The van der Waals surface area contributed by atoms with E-state index >= 15 is 0 Å². The molecule has 7 heteroatoms. The van der Waals surface area contributed by atoms with E-state index in [4.69, 9.17) is 20.8 Å². The van der Waals surface area contributed by atoms with E-state index in [2.05, 4.69) is 32.9 Å². The van der Waals surface area contributed by atoms with Crippen molar-refractivity contribution in [3.63, 3.8) is 0 Å². The van der Waals surface area contributed by atoms with Gasteiger partial charge in [-0.3, -0.25) is 4.79 Å². The van der Waals surface area contributed by atoms with Crippen LogP contribution in [0.15, 0.2) is 65.1 Å². The maximum absolute atomic E-state index is 12.6. The average molecular weight is 505 g/mol. The lowest BCUT2D eigenvalue weighted by Gasteiger charge is -2.07. The molecule has 0 aliphatic carbocycles. The Bertz CT molecular complexity index is 1170. The van der Waals surface area contributed by atoms with Crippen molar-refractivity contribution in [3.05, 3.63) is 74.8 Å². The summed E-state index contributed by atoms with van der Waals surface area (Å²) in [6, 6.07) is 18.1. The van der Waals surface area contributed by atoms with Crippen LogP contribution < -0.4 is 10.1 Å². The van der Waals surface area contributed by atoms with E-state index in [1.54, 1.807) is 37.4 Å². The van der Waals surface area contributed by atoms with Crippen LogP contribution in [0.5, 0.6) is 5.75 Å². The van der Waals surface area contributed by atoms with Crippen LogP contribution in [0.1, 0.15) is 10.4 Å². The molecule has 1 amide bonds. The highest BCUT2D eigenvalue weighted by molar-refractivity contribution is 14.1. The summed E-state index contributed by atoms with van der Waals surface area (Å²) in [7, 11) is 1.62. The number of amides is 1. The quantitative estimate of drug-likeness (QED) is 0.346. The summed E-state index contributed by atoms with van der Waals surface area (Å²) in [5, 5.41) is 3.26. The van der Waals surface area contributed by atoms with Crippen LogP contribution in [0, 0.1) is 3.57 Å². The molecule has 0 aliphatic heterocycles. The van der Waals surface area contributed by atoms with Crippen molar-refractivity contribution < 1.29 is 13.9 Å². The highest BCUT2D eigenvalue weighted by Crippen LogP contribution is 2.28. The van der Waals surface area contributed by atoms with E-state index in [9.17, 15) is 4.79 Å². The molecular weight excluding hydrogens is 491 g/mol. The molecule has 0 fully saturated rings. The molecule has 5 nitrogen and oxygen atoms in total. The average Bonchev–Trinajstić information content (AvgIpc) is 3.13. The van der Waals surface area contributed by atoms with Crippen LogP contribution in [0.3, 0.4) is 0 Å². The first kappa shape index (κ1) is 18.8. The van der Waals surface area contributed by atoms with Gasteiger partial charge in [-0.2, -0.15) is 0 Å². The summed E-state index contributed by atoms with van der Waals surface area (Å²) in [4.78, 5) is 17.1. The molecule has 4 aromatic rings. The molecule has 0 aliphatic rings. The van der Waals surface area contributed by atoms with Crippen molar-refractivity contribution >= 4 is 56.9 Å². The Balaban J connectivity index is 1.60. The van der Waals surface area contributed by atoms with Gasteiger partial charge in [0.05, 0.1) is 17.7 Å². The van der Waals surface area contributed by atoms with Crippen molar-refractivity contribution in [1.29, 1.82) is 0 Å². The number of aromatic nitrogens is 1. The number of halogens is 2. The number of hydrogen-bond acceptors (Lipinski definition) is 4. The number of nitrogens with zero attached hydrogens (tertiary/aromatic N) is 1. The Morgan fingerprint density at radius 2 is 1.89 bits per heavy atom. The number of methoxy groups -OCH3 is 1. The number of rotatable bonds is 4. The van der Waals surface area contributed by atoms with Gasteiger partial charge in [-0.05, 0) is 83.3 Å². The smallest absolute Gasteiger partial charge is 0.257 e. The minimum absolute atomic E-state index is 0.276. The molecule has 0 saturated heterocycles. The van der Waals surface area contributed by atoms with Crippen LogP contribution in [-0.2, 0) is 0 Å². The fourth-order valence-corrected chi connectivity index (χ4v) is 3.43. The number of hydrogen-bond donors (Lipinski definition) is 1. The number of benzene rings is 3. The maximum Gasteiger partial charge on any atom is 0.257 e. The van der Waals surface area contributed by atoms with E-state index < -0.39 is 0 Å². The number of ether oxygens (including phenoxy) is 1. The first-order chi connectivity index (χ1) is 13.5. The molecule has 4 rings (SSSR count). The van der Waals surface area contributed by atoms with Gasteiger partial charge in [-0.1, -0.05) is 11.6 Å². The summed E-state index contributed by atoms with van der Waals surface area (Å²) < 4.78 is 11.9. The minimum Gasteiger partial charge on any atom is -0.497 e. The first-order valence-corrected chi connectivity index (χ1v) is 9.80. The zero-order chi connectivity index (χ0) is 19.7. The largest absolute Gasteiger partial charge is 0.497 e. The molecule has 0 bridgehead atoms. The third-order valence-electron chi connectivity index (χ3n) is 4.16. The summed E-state index contributed by atoms with van der Waals surface area (Å²) in [6.07, 6.45) is 0. The SMILES string of the molecule is COc1ccc(-c2nc3cc(NC(=O)c4cc(I)ccc4Cl)ccc3o2)cc1. The van der Waals surface area contributed by atoms with Gasteiger partial charge < -0.3 is 14.5 Å². The normalized spacial score (nSPS) is 10.8. The number of carbonyl (C=O) groups excluding carboxylic acids is 1. The zero-order valence-electron chi connectivity index (χ0n) is 14.7. The fraction of sp³-hybridized carbons (Fsp3) is 0.0476. The fourth-order valence-electron chi connectivity index (χ4n) is 2.73. The number of carbonyl (C=O) groups is 1. The van der Waals surface area contributed by atoms with Gasteiger partial charge in [0, 0.05) is 14.8 Å². The van der Waals surface area contributed by atoms with Gasteiger partial charge in [-0.15, -0.1) is 0 Å². The predicted molar refractivity (Wildman–Crippen MR) is 118 cm³/mol. The van der Waals surface area contributed by atoms with Crippen molar-refractivity contribution in [2.75, 3.05) is 12.4 Å². The van der Waals surface area contributed by atoms with Crippen molar-refractivity contribution in [2.45, 2.75) is 0 Å². The Labute approximate surface area is 179 Å². The van der Waals surface area contributed by atoms with Gasteiger partial charge in [0.25, 0.3) is 5.91 Å². The van der Waals surface area contributed by atoms with Gasteiger partial charge in [0.15, 0.2) is 5.58 Å². The van der Waals surface area contributed by atoms with E-state index in [0.29, 0.717) is 33.3 Å². The zero-order valence-corrected chi connectivity index (χ0v) is 17.6. The molecule has 0 unspecified atom stereocenters. The molecule has 1 heterocycles. The van der Waals surface area contributed by atoms with E-state index in [0.717, 1.165) is 14.9 Å². The minimum atomic E-state index is -0.276. The highest BCUT2D eigenvalue weighted by Gasteiger charge is 2.13. The van der Waals surface area contributed by atoms with E-state index in [1.807, 2.05) is 30.3 Å². The molecule has 28 heavy (non-hydrogen) atoms. The van der Waals surface area contributed by atoms with Crippen molar-refractivity contribution in [2.24, 2.45) is 0 Å². The van der Waals surface area contributed by atoms with E-state index in [1.165, 1.54) is 0 Å². The number of fused-ring (bicyclic) bond motifs is 1. The second kappa shape index (κ2) is 7.81. The lowest BCUT2D eigenvalue weighted by Crippen LogP contribution is -2.12. The topological polar surface area (TPSA) is 64.4 Å². The van der Waals surface area contributed by atoms with Crippen LogP contribution in [0.25, 0.3) is 22.6 Å². The Kier molecular flexibility index (Phi) is 5.23. The van der Waals surface area contributed by atoms with Gasteiger partial charge in [0.2, 0.25) is 5.89 Å². The van der Waals surface area contributed by atoms with Crippen LogP contribution in [0.2, 0.25) is 5.02 Å². The van der Waals surface area contributed by atoms with Gasteiger partial charge in [-0.25, -0.2) is 4.98 Å². The molecule has 0 radical (unpaired) electrons. The van der Waals surface area contributed by atoms with Crippen LogP contribution >= 0.6 is 34.2 Å². The summed E-state index contributed by atoms with van der Waals surface area (Å²) >= 11 is 8.29. The standard InChI is InChI=1S/C21H14ClIN2O3/c1-27-15-6-2-12(3-7-15)21-25-18-11-14(5-9-19(18)28-21)24-20(26)16-10-13(23)4-8-17(16)22/h2-11H,1H3,(H,24,26). The Morgan fingerprint density at radius 3 is 2.64 bits per heavy atom. The van der Waals surface area contributed by atoms with Gasteiger partial charge in [0.1, 0.15) is 11.3 Å². The number of nitrogens with one attached hydrogen (secondary N) is 1. The molecule has 1 aromatic heterocycles. The van der Waals surface area contributed by atoms with Crippen LogP contribution in [-0.4, -0.2) is 18.0 Å². The highest BCUT2D eigenvalue weighted by atomic mass is 127. The second-order valence-electron chi connectivity index (χ2n) is 6.01. The van der Waals surface area contributed by atoms with E-state index in [-0.39, 0.29) is 5.91 Å². The Morgan fingerprint density at radius 1 is 1.11 bits per heavy atom. The summed E-state index contributed by atoms with van der Waals surface area (Å²) in [6.45, 7) is 0. The summed E-state index contributed by atoms with van der Waals surface area (Å²) in [5.41, 5.74) is 3.16. The first-order valence-electron chi connectivity index (χ1n) is 8.35. The number of anilines is 1. The molecule has 3 aromatic carbocycles. The van der Waals surface area contributed by atoms with Gasteiger partial charge >= 0.3 is 0 Å². The molecule has 0 saturated carbocycles. The third-order valence-corrected chi connectivity index (χ3v) is 5.16. The lowest BCUT2D eigenvalue weighted by molar-refractivity contribution is 0.102. The Hall–Kier alpha value is -2.58. The predicted octanol–water partition coefficient (Wildman–Crippen LogP) is 6.01.